The van der Waals surface area contributed by atoms with Crippen LogP contribution in [0.15, 0.2) is 40.2 Å². The minimum atomic E-state index is -0.555. The molecular formula is C15H14ClN3O4S. The smallest absolute Gasteiger partial charge is 0.326 e. The van der Waals surface area contributed by atoms with E-state index in [1.54, 1.807) is 37.3 Å². The van der Waals surface area contributed by atoms with Crippen molar-refractivity contribution in [2.24, 2.45) is 5.10 Å². The van der Waals surface area contributed by atoms with E-state index in [0.717, 1.165) is 15.9 Å². The average molecular weight is 368 g/mol. The molecule has 9 heteroatoms. The number of aromatic nitrogens is 1. The van der Waals surface area contributed by atoms with Crippen LogP contribution in [0.5, 0.6) is 0 Å². The number of hydrogen-bond acceptors (Lipinski definition) is 6. The van der Waals surface area contributed by atoms with Crippen molar-refractivity contribution in [1.29, 1.82) is 0 Å². The SMILES string of the molecule is CCOC(=O)Cn1c(Cl)c(/C=N/NC(=O)c2ccccc2)sc1=O. The lowest BCUT2D eigenvalue weighted by atomic mass is 10.2. The first-order valence-corrected chi connectivity index (χ1v) is 8.15. The van der Waals surface area contributed by atoms with E-state index in [1.165, 1.54) is 6.21 Å². The van der Waals surface area contributed by atoms with Gasteiger partial charge in [0, 0.05) is 5.56 Å². The summed E-state index contributed by atoms with van der Waals surface area (Å²) in [6.07, 6.45) is 1.26. The Morgan fingerprint density at radius 2 is 2.08 bits per heavy atom. The number of carbonyl (C=O) groups is 2. The van der Waals surface area contributed by atoms with Crippen LogP contribution in [0.1, 0.15) is 22.2 Å². The first kappa shape index (κ1) is 17.9. The normalized spacial score (nSPS) is 10.8. The number of halogens is 1. The molecule has 2 rings (SSSR count). The standard InChI is InChI=1S/C15H14ClN3O4S/c1-2-23-12(20)9-19-13(16)11(24-15(19)22)8-17-18-14(21)10-6-4-3-5-7-10/h3-8H,2,9H2,1H3,(H,18,21)/b17-8+. The van der Waals surface area contributed by atoms with Gasteiger partial charge in [-0.2, -0.15) is 5.10 Å². The average Bonchev–Trinajstić information content (AvgIpc) is 2.83. The van der Waals surface area contributed by atoms with Gasteiger partial charge in [0.1, 0.15) is 11.7 Å². The van der Waals surface area contributed by atoms with Crippen LogP contribution in [0.4, 0.5) is 0 Å². The highest BCUT2D eigenvalue weighted by atomic mass is 35.5. The Bertz CT molecular complexity index is 814. The molecule has 1 amide bonds. The van der Waals surface area contributed by atoms with Crippen molar-refractivity contribution in [2.45, 2.75) is 13.5 Å². The van der Waals surface area contributed by atoms with Gasteiger partial charge in [-0.1, -0.05) is 41.1 Å². The summed E-state index contributed by atoms with van der Waals surface area (Å²) in [7, 11) is 0. The second-order valence-electron chi connectivity index (χ2n) is 4.48. The molecule has 0 fully saturated rings. The van der Waals surface area contributed by atoms with Crippen molar-refractivity contribution in [3.8, 4) is 0 Å². The summed E-state index contributed by atoms with van der Waals surface area (Å²) >= 11 is 6.88. The quantitative estimate of drug-likeness (QED) is 0.479. The number of hydrazone groups is 1. The summed E-state index contributed by atoms with van der Waals surface area (Å²) in [5.41, 5.74) is 2.79. The van der Waals surface area contributed by atoms with Crippen LogP contribution in [0.25, 0.3) is 0 Å². The third-order valence-electron chi connectivity index (χ3n) is 2.83. The van der Waals surface area contributed by atoms with Crippen molar-refractivity contribution in [3.63, 3.8) is 0 Å². The molecular weight excluding hydrogens is 354 g/mol. The number of carbonyl (C=O) groups excluding carboxylic acids is 2. The number of esters is 1. The van der Waals surface area contributed by atoms with E-state index >= 15 is 0 Å². The fourth-order valence-corrected chi connectivity index (χ4v) is 2.86. The van der Waals surface area contributed by atoms with Crippen molar-refractivity contribution in [2.75, 3.05) is 6.61 Å². The topological polar surface area (TPSA) is 89.8 Å². The van der Waals surface area contributed by atoms with Gasteiger partial charge >= 0.3 is 10.8 Å². The van der Waals surface area contributed by atoms with E-state index < -0.39 is 10.8 Å². The van der Waals surface area contributed by atoms with Crippen LogP contribution < -0.4 is 10.3 Å². The molecule has 7 nitrogen and oxygen atoms in total. The van der Waals surface area contributed by atoms with Gasteiger partial charge in [0.2, 0.25) is 0 Å². The molecule has 2 aromatic rings. The van der Waals surface area contributed by atoms with E-state index in [9.17, 15) is 14.4 Å². The lowest BCUT2D eigenvalue weighted by Crippen LogP contribution is -2.21. The molecule has 0 spiro atoms. The Hall–Kier alpha value is -2.45. The highest BCUT2D eigenvalue weighted by Crippen LogP contribution is 2.16. The van der Waals surface area contributed by atoms with E-state index in [2.05, 4.69) is 10.5 Å². The lowest BCUT2D eigenvalue weighted by molar-refractivity contribution is -0.143. The second kappa shape index (κ2) is 8.42. The number of nitrogens with zero attached hydrogens (tertiary/aromatic N) is 2. The Morgan fingerprint density at radius 3 is 2.75 bits per heavy atom. The van der Waals surface area contributed by atoms with Crippen LogP contribution in [0.2, 0.25) is 5.15 Å². The molecule has 1 aromatic heterocycles. The summed E-state index contributed by atoms with van der Waals surface area (Å²) in [4.78, 5) is 35.1. The second-order valence-corrected chi connectivity index (χ2v) is 5.83. The number of nitrogens with one attached hydrogen (secondary N) is 1. The first-order chi connectivity index (χ1) is 11.5. The summed E-state index contributed by atoms with van der Waals surface area (Å²) in [6.45, 7) is 1.62. The van der Waals surface area contributed by atoms with E-state index in [-0.39, 0.29) is 24.2 Å². The van der Waals surface area contributed by atoms with E-state index in [4.69, 9.17) is 16.3 Å². The van der Waals surface area contributed by atoms with Gasteiger partial charge in [0.15, 0.2) is 0 Å². The largest absolute Gasteiger partial charge is 0.465 e. The van der Waals surface area contributed by atoms with Crippen LogP contribution >= 0.6 is 22.9 Å². The maximum atomic E-state index is 11.9. The van der Waals surface area contributed by atoms with Crippen molar-refractivity contribution in [1.82, 2.24) is 9.99 Å². The minimum absolute atomic E-state index is 0.0655. The van der Waals surface area contributed by atoms with E-state index in [0.29, 0.717) is 10.4 Å². The first-order valence-electron chi connectivity index (χ1n) is 6.96. The van der Waals surface area contributed by atoms with Crippen LogP contribution in [0.3, 0.4) is 0 Å². The number of benzene rings is 1. The summed E-state index contributed by atoms with van der Waals surface area (Å²) in [6, 6.07) is 8.55. The predicted molar refractivity (Wildman–Crippen MR) is 91.7 cm³/mol. The molecule has 24 heavy (non-hydrogen) atoms. The number of amides is 1. The van der Waals surface area contributed by atoms with Crippen molar-refractivity contribution < 1.29 is 14.3 Å². The van der Waals surface area contributed by atoms with E-state index in [1.807, 2.05) is 0 Å². The monoisotopic (exact) mass is 367 g/mol. The lowest BCUT2D eigenvalue weighted by Gasteiger charge is -2.03. The zero-order valence-corrected chi connectivity index (χ0v) is 14.3. The molecule has 1 heterocycles. The Morgan fingerprint density at radius 1 is 1.38 bits per heavy atom. The highest BCUT2D eigenvalue weighted by Gasteiger charge is 2.15. The summed E-state index contributed by atoms with van der Waals surface area (Å²) in [5.74, 6) is -0.943. The molecule has 0 bridgehead atoms. The number of ether oxygens (including phenoxy) is 1. The van der Waals surface area contributed by atoms with Crippen LogP contribution in [-0.4, -0.2) is 29.3 Å². The fourth-order valence-electron chi connectivity index (χ4n) is 1.76. The number of hydrogen-bond donors (Lipinski definition) is 1. The minimum Gasteiger partial charge on any atom is -0.465 e. The van der Waals surface area contributed by atoms with Gasteiger partial charge in [-0.05, 0) is 19.1 Å². The molecule has 0 saturated heterocycles. The van der Waals surface area contributed by atoms with Gasteiger partial charge in [-0.3, -0.25) is 19.0 Å². The maximum absolute atomic E-state index is 11.9. The molecule has 0 radical (unpaired) electrons. The molecule has 0 aliphatic rings. The third kappa shape index (κ3) is 4.53. The molecule has 0 aliphatic carbocycles. The van der Waals surface area contributed by atoms with Crippen molar-refractivity contribution in [3.05, 3.63) is 55.6 Å². The zero-order chi connectivity index (χ0) is 17.5. The Labute approximate surface area is 146 Å². The van der Waals surface area contributed by atoms with Gasteiger partial charge in [-0.15, -0.1) is 0 Å². The van der Waals surface area contributed by atoms with Crippen molar-refractivity contribution >= 4 is 41.0 Å². The van der Waals surface area contributed by atoms with Gasteiger partial charge in [-0.25, -0.2) is 5.43 Å². The highest BCUT2D eigenvalue weighted by molar-refractivity contribution is 7.11. The molecule has 0 saturated carbocycles. The molecule has 1 aromatic carbocycles. The fraction of sp³-hybridized carbons (Fsp3) is 0.200. The Kier molecular flexibility index (Phi) is 6.28. The summed E-state index contributed by atoms with van der Waals surface area (Å²) < 4.78 is 5.87. The maximum Gasteiger partial charge on any atom is 0.326 e. The number of rotatable bonds is 6. The summed E-state index contributed by atoms with van der Waals surface area (Å²) in [5, 5.41) is 3.85. The van der Waals surface area contributed by atoms with Crippen LogP contribution in [0, 0.1) is 0 Å². The third-order valence-corrected chi connectivity index (χ3v) is 4.27. The molecule has 0 aliphatic heterocycles. The number of thiazole rings is 1. The molecule has 126 valence electrons. The van der Waals surface area contributed by atoms with Gasteiger partial charge in [0.05, 0.1) is 17.7 Å². The Balaban J connectivity index is 2.06. The predicted octanol–water partition coefficient (Wildman–Crippen LogP) is 1.89. The molecule has 1 N–H and O–H groups in total. The zero-order valence-electron chi connectivity index (χ0n) is 12.7. The molecule has 0 unspecified atom stereocenters. The van der Waals surface area contributed by atoms with Gasteiger partial charge < -0.3 is 4.74 Å². The van der Waals surface area contributed by atoms with Crippen LogP contribution in [-0.2, 0) is 16.1 Å². The van der Waals surface area contributed by atoms with Gasteiger partial charge in [0.25, 0.3) is 5.91 Å². The molecule has 0 atom stereocenters.